The summed E-state index contributed by atoms with van der Waals surface area (Å²) in [4.78, 5) is 31.7. The van der Waals surface area contributed by atoms with Gasteiger partial charge in [0.15, 0.2) is 34.9 Å². The molecule has 26 aromatic rings. The minimum absolute atomic E-state index is 0.609. The van der Waals surface area contributed by atoms with Crippen molar-refractivity contribution < 1.29 is 0 Å². The Kier molecular flexibility index (Phi) is 20.5. The number of hydrogen-bond donors (Lipinski definition) is 0. The van der Waals surface area contributed by atoms with Crippen molar-refractivity contribution in [3.63, 3.8) is 0 Å². The Morgan fingerprint density at radius 2 is 0.449 bits per heavy atom. The van der Waals surface area contributed by atoms with Crippen molar-refractivity contribution >= 4 is 107 Å². The highest BCUT2D eigenvalue weighted by molar-refractivity contribution is 7.26. The van der Waals surface area contributed by atoms with Crippen LogP contribution in [0.25, 0.3) is 253 Å². The van der Waals surface area contributed by atoms with Gasteiger partial charge in [0.05, 0.1) is 22.1 Å². The topological polar surface area (TPSA) is 87.2 Å². The molecule has 0 saturated carbocycles. The average molecular weight is 1770 g/mol. The summed E-state index contributed by atoms with van der Waals surface area (Å²) in [6.07, 6.45) is 0. The standard InChI is InChI=1S/2C63H40N4S/c1-6-19-41(20-7-1)45-33-35-48(42-21-8-2-9-22-42)52(37-45)46-34-36-49(54(38-46)63-65-61(43-23-10-3-11-24-43)64-62(66-63)44-25-12-4-13-26-44)51-30-18-32-58-60(51)55-39-57-53(40-59(55)68-58)50-29-16-17-31-56(50)67(57)47-27-14-5-15-28-47;1-6-18-41(19-7-1)45-30-33-49(42-20-8-2-9-21-42)52(36-45)47-31-34-50(56(38-47)63-65-61(43-22-10-3-11-23-43)64-62(66-63)44-24-12-4-13-25-44)46-32-35-59-54(37-46)55-39-58-53(40-60(55)68-59)51-28-16-17-29-57(51)67(58)48-26-14-5-15-27-48/h2*1-40H. The summed E-state index contributed by atoms with van der Waals surface area (Å²) in [5, 5.41) is 9.88. The van der Waals surface area contributed by atoms with Gasteiger partial charge in [0, 0.05) is 107 Å². The molecule has 0 N–H and O–H groups in total. The van der Waals surface area contributed by atoms with Crippen molar-refractivity contribution in [1.29, 1.82) is 0 Å². The number of nitrogens with zero attached hydrogens (tertiary/aromatic N) is 8. The molecule has 0 spiro atoms. The van der Waals surface area contributed by atoms with Crippen LogP contribution in [-0.4, -0.2) is 39.0 Å². The van der Waals surface area contributed by atoms with E-state index < -0.39 is 0 Å². The Balaban J connectivity index is 0.000000145. The van der Waals surface area contributed by atoms with Crippen LogP contribution in [0.15, 0.2) is 485 Å². The predicted molar refractivity (Wildman–Crippen MR) is 570 cm³/mol. The van der Waals surface area contributed by atoms with Crippen LogP contribution in [-0.2, 0) is 0 Å². The van der Waals surface area contributed by atoms with Gasteiger partial charge in [-0.05, 0) is 192 Å². The lowest BCUT2D eigenvalue weighted by molar-refractivity contribution is 1.07. The minimum atomic E-state index is 0.609. The number of fused-ring (bicyclic) bond motifs is 12. The van der Waals surface area contributed by atoms with E-state index in [1.165, 1.54) is 95.1 Å². The molecule has 10 heteroatoms. The van der Waals surface area contributed by atoms with Crippen LogP contribution >= 0.6 is 22.7 Å². The van der Waals surface area contributed by atoms with Gasteiger partial charge in [0.2, 0.25) is 0 Å². The fraction of sp³-hybridized carbons (Fsp3) is 0. The fourth-order valence-corrected chi connectivity index (χ4v) is 22.0. The average Bonchev–Trinajstić information content (AvgIpc) is 1.57. The highest BCUT2D eigenvalue weighted by Gasteiger charge is 2.27. The Bertz CT molecular complexity index is 8930. The second-order valence-electron chi connectivity index (χ2n) is 34.3. The first kappa shape index (κ1) is 80.5. The Morgan fingerprint density at radius 3 is 0.882 bits per heavy atom. The van der Waals surface area contributed by atoms with E-state index >= 15 is 0 Å². The summed E-state index contributed by atoms with van der Waals surface area (Å²) >= 11 is 3.70. The summed E-state index contributed by atoms with van der Waals surface area (Å²) in [6, 6.07) is 173. The zero-order valence-corrected chi connectivity index (χ0v) is 75.2. The van der Waals surface area contributed by atoms with Crippen LogP contribution in [0.4, 0.5) is 0 Å². The first-order chi connectivity index (χ1) is 67.4. The molecule has 0 amide bonds. The SMILES string of the molecule is c1ccc(-c2ccc(-c3ccccc3)c(-c3ccc(-c4ccc5sc6cc7c8ccccc8n(-c8ccccc8)c7cc6c5c4)c(-c4nc(-c5ccccc5)nc(-c5ccccc5)n4)c3)c2)cc1.c1ccc(-c2ccc(-c3ccccc3)c(-c3ccc(-c4cccc5sc6cc7c8ccccc8n(-c8ccccc8)c7cc6c45)c(-c4nc(-c5ccccc5)nc(-c5ccccc5)n4)c3)c2)cc1. The highest BCUT2D eigenvalue weighted by atomic mass is 32.1. The van der Waals surface area contributed by atoms with Crippen LogP contribution in [0.5, 0.6) is 0 Å². The second-order valence-corrected chi connectivity index (χ2v) is 36.5. The molecule has 0 aliphatic heterocycles. The summed E-state index contributed by atoms with van der Waals surface area (Å²) in [5.74, 6) is 3.71. The van der Waals surface area contributed by atoms with Gasteiger partial charge in [-0.3, -0.25) is 0 Å². The maximum Gasteiger partial charge on any atom is 0.164 e. The van der Waals surface area contributed by atoms with Gasteiger partial charge in [0.1, 0.15) is 0 Å². The van der Waals surface area contributed by atoms with Crippen molar-refractivity contribution in [2.24, 2.45) is 0 Å². The third kappa shape index (κ3) is 14.8. The van der Waals surface area contributed by atoms with Crippen molar-refractivity contribution in [2.75, 3.05) is 0 Å². The summed E-state index contributed by atoms with van der Waals surface area (Å²) in [5.41, 5.74) is 30.6. The van der Waals surface area contributed by atoms with Crippen molar-refractivity contribution in [1.82, 2.24) is 39.0 Å². The van der Waals surface area contributed by atoms with Gasteiger partial charge in [-0.15, -0.1) is 22.7 Å². The lowest BCUT2D eigenvalue weighted by atomic mass is 9.88. The first-order valence-corrected chi connectivity index (χ1v) is 47.5. The second kappa shape index (κ2) is 34.6. The van der Waals surface area contributed by atoms with Gasteiger partial charge in [-0.2, -0.15) is 0 Å². The van der Waals surface area contributed by atoms with Crippen LogP contribution in [0, 0.1) is 0 Å². The summed E-state index contributed by atoms with van der Waals surface area (Å²) in [7, 11) is 0. The van der Waals surface area contributed by atoms with Crippen molar-refractivity contribution in [3.8, 4) is 169 Å². The van der Waals surface area contributed by atoms with Crippen LogP contribution in [0.2, 0.25) is 0 Å². The molecular weight excluding hydrogens is 1690 g/mol. The van der Waals surface area contributed by atoms with E-state index in [1.54, 1.807) is 0 Å². The summed E-state index contributed by atoms with van der Waals surface area (Å²) in [6.45, 7) is 0. The number of hydrogen-bond acceptors (Lipinski definition) is 8. The first-order valence-electron chi connectivity index (χ1n) is 45.8. The fourth-order valence-electron chi connectivity index (χ4n) is 19.7. The summed E-state index contributed by atoms with van der Waals surface area (Å²) < 4.78 is 9.79. The molecule has 0 fully saturated rings. The maximum atomic E-state index is 5.38. The van der Waals surface area contributed by atoms with E-state index in [4.69, 9.17) is 29.9 Å². The number of para-hydroxylation sites is 4. The molecule has 0 saturated heterocycles. The van der Waals surface area contributed by atoms with Crippen LogP contribution in [0.3, 0.4) is 0 Å². The molecule has 0 aliphatic carbocycles. The number of benzene rings is 20. The van der Waals surface area contributed by atoms with Crippen molar-refractivity contribution in [3.05, 3.63) is 485 Å². The molecule has 636 valence electrons. The molecular formula is C126H80N8S2. The minimum Gasteiger partial charge on any atom is -0.309 e. The van der Waals surface area contributed by atoms with E-state index in [1.807, 2.05) is 95.5 Å². The Labute approximate surface area is 793 Å². The highest BCUT2D eigenvalue weighted by Crippen LogP contribution is 2.51. The molecule has 0 bridgehead atoms. The van der Waals surface area contributed by atoms with Crippen LogP contribution in [0.1, 0.15) is 0 Å². The lowest BCUT2D eigenvalue weighted by Crippen LogP contribution is -2.01. The number of aromatic nitrogens is 8. The lowest BCUT2D eigenvalue weighted by Gasteiger charge is -2.17. The normalized spacial score (nSPS) is 11.5. The zero-order chi connectivity index (χ0) is 89.9. The van der Waals surface area contributed by atoms with E-state index in [0.717, 1.165) is 123 Å². The van der Waals surface area contributed by atoms with E-state index in [9.17, 15) is 0 Å². The monoisotopic (exact) mass is 1770 g/mol. The molecule has 0 aliphatic rings. The zero-order valence-electron chi connectivity index (χ0n) is 73.6. The van der Waals surface area contributed by atoms with E-state index in [0.29, 0.717) is 34.9 Å². The number of rotatable bonds is 16. The van der Waals surface area contributed by atoms with Gasteiger partial charge in [-0.25, -0.2) is 29.9 Å². The molecule has 6 heterocycles. The molecule has 26 rings (SSSR count). The molecule has 136 heavy (non-hydrogen) atoms. The smallest absolute Gasteiger partial charge is 0.164 e. The van der Waals surface area contributed by atoms with Crippen molar-refractivity contribution in [2.45, 2.75) is 0 Å². The number of thiophene rings is 2. The predicted octanol–water partition coefficient (Wildman–Crippen LogP) is 34.0. The van der Waals surface area contributed by atoms with Crippen LogP contribution < -0.4 is 0 Å². The third-order valence-electron chi connectivity index (χ3n) is 26.1. The molecule has 0 radical (unpaired) electrons. The van der Waals surface area contributed by atoms with E-state index in [2.05, 4.69) is 422 Å². The molecule has 20 aromatic carbocycles. The molecule has 6 aromatic heterocycles. The van der Waals surface area contributed by atoms with Gasteiger partial charge >= 0.3 is 0 Å². The van der Waals surface area contributed by atoms with Gasteiger partial charge < -0.3 is 9.13 Å². The third-order valence-corrected chi connectivity index (χ3v) is 28.4. The Hall–Kier alpha value is -17.5. The maximum absolute atomic E-state index is 5.38. The van der Waals surface area contributed by atoms with Gasteiger partial charge in [-0.1, -0.05) is 382 Å². The largest absolute Gasteiger partial charge is 0.309 e. The Morgan fingerprint density at radius 1 is 0.140 bits per heavy atom. The molecule has 0 atom stereocenters. The van der Waals surface area contributed by atoms with Gasteiger partial charge in [0.25, 0.3) is 0 Å². The van der Waals surface area contributed by atoms with E-state index in [-0.39, 0.29) is 0 Å². The quantitative estimate of drug-likeness (QED) is 0.0958. The molecule has 8 nitrogen and oxygen atoms in total. The molecule has 0 unspecified atom stereocenters.